The van der Waals surface area contributed by atoms with Crippen LogP contribution in [-0.4, -0.2) is 36.5 Å². The number of nitro benzene ring substituents is 1. The smallest absolute Gasteiger partial charge is 0.293 e. The summed E-state index contributed by atoms with van der Waals surface area (Å²) in [6.07, 6.45) is 0.817. The number of nitrogens with one attached hydrogen (secondary N) is 1. The van der Waals surface area contributed by atoms with Crippen molar-refractivity contribution in [3.63, 3.8) is 0 Å². The van der Waals surface area contributed by atoms with E-state index in [1.807, 2.05) is 25.9 Å². The van der Waals surface area contributed by atoms with E-state index in [0.717, 1.165) is 13.0 Å². The molecule has 1 aromatic rings. The van der Waals surface area contributed by atoms with Crippen LogP contribution in [0.2, 0.25) is 0 Å². The maximum Gasteiger partial charge on any atom is 0.293 e. The van der Waals surface area contributed by atoms with Gasteiger partial charge in [0.1, 0.15) is 11.5 Å². The number of benzene rings is 1. The monoisotopic (exact) mass is 381 g/mol. The van der Waals surface area contributed by atoms with Crippen LogP contribution in [0.4, 0.5) is 15.8 Å². The molecule has 0 aliphatic rings. The first-order chi connectivity index (χ1) is 8.81. The van der Waals surface area contributed by atoms with E-state index < -0.39 is 10.7 Å². The Morgan fingerprint density at radius 2 is 2.16 bits per heavy atom. The lowest BCUT2D eigenvalue weighted by Gasteiger charge is -2.18. The highest BCUT2D eigenvalue weighted by Gasteiger charge is 2.18. The van der Waals surface area contributed by atoms with Crippen LogP contribution >= 0.6 is 22.6 Å². The molecule has 0 heterocycles. The molecule has 106 valence electrons. The van der Waals surface area contributed by atoms with Crippen molar-refractivity contribution in [1.29, 1.82) is 0 Å². The molecule has 0 aliphatic heterocycles. The van der Waals surface area contributed by atoms with Gasteiger partial charge in [-0.1, -0.05) is 0 Å². The van der Waals surface area contributed by atoms with Crippen molar-refractivity contribution < 1.29 is 9.31 Å². The first-order valence-corrected chi connectivity index (χ1v) is 6.94. The molecular formula is C12H17FIN3O2. The summed E-state index contributed by atoms with van der Waals surface area (Å²) in [6, 6.07) is 2.46. The Balaban J connectivity index is 2.87. The van der Waals surface area contributed by atoms with E-state index >= 15 is 0 Å². The van der Waals surface area contributed by atoms with Crippen LogP contribution in [0.1, 0.15) is 13.3 Å². The molecule has 1 rings (SSSR count). The summed E-state index contributed by atoms with van der Waals surface area (Å²) < 4.78 is 13.8. The zero-order chi connectivity index (χ0) is 14.6. The highest BCUT2D eigenvalue weighted by molar-refractivity contribution is 14.1. The van der Waals surface area contributed by atoms with Crippen LogP contribution in [0.5, 0.6) is 0 Å². The Bertz CT molecular complexity index is 469. The second-order valence-corrected chi connectivity index (χ2v) is 5.84. The molecule has 1 unspecified atom stereocenters. The third-order valence-electron chi connectivity index (χ3n) is 2.65. The third-order valence-corrected chi connectivity index (χ3v) is 3.47. The summed E-state index contributed by atoms with van der Waals surface area (Å²) in [6.45, 7) is 2.78. The Hall–Kier alpha value is -0.960. The minimum atomic E-state index is -0.497. The molecule has 0 bridgehead atoms. The fourth-order valence-electron chi connectivity index (χ4n) is 1.59. The van der Waals surface area contributed by atoms with Crippen LogP contribution in [-0.2, 0) is 0 Å². The lowest BCUT2D eigenvalue weighted by Crippen LogP contribution is -2.23. The molecule has 0 amide bonds. The molecule has 0 aromatic heterocycles. The van der Waals surface area contributed by atoms with Crippen molar-refractivity contribution in [3.8, 4) is 0 Å². The van der Waals surface area contributed by atoms with E-state index in [1.165, 1.54) is 12.1 Å². The number of hydrogen-bond acceptors (Lipinski definition) is 4. The molecule has 0 fully saturated rings. The number of halogens is 2. The summed E-state index contributed by atoms with van der Waals surface area (Å²) in [4.78, 5) is 12.5. The van der Waals surface area contributed by atoms with Crippen LogP contribution in [0.3, 0.4) is 0 Å². The van der Waals surface area contributed by atoms with Gasteiger partial charge >= 0.3 is 0 Å². The standard InChI is InChI=1S/C12H17FIN3O2/c1-8(4-5-16(2)3)15-11-6-9(13)10(14)7-12(11)17(18)19/h6-8,15H,4-5H2,1-3H3. The van der Waals surface area contributed by atoms with Gasteiger partial charge in [-0.25, -0.2) is 4.39 Å². The quantitative estimate of drug-likeness (QED) is 0.468. The third kappa shape index (κ3) is 4.90. The zero-order valence-corrected chi connectivity index (χ0v) is 13.3. The molecule has 1 aromatic carbocycles. The lowest BCUT2D eigenvalue weighted by molar-refractivity contribution is -0.384. The number of nitro groups is 1. The van der Waals surface area contributed by atoms with Crippen molar-refractivity contribution in [2.24, 2.45) is 0 Å². The van der Waals surface area contributed by atoms with E-state index in [-0.39, 0.29) is 21.0 Å². The molecule has 0 saturated heterocycles. The predicted molar refractivity (Wildman–Crippen MR) is 82.0 cm³/mol. The van der Waals surface area contributed by atoms with Gasteiger partial charge in [-0.2, -0.15) is 0 Å². The van der Waals surface area contributed by atoms with Gasteiger partial charge in [-0.15, -0.1) is 0 Å². The van der Waals surface area contributed by atoms with Crippen LogP contribution < -0.4 is 5.32 Å². The summed E-state index contributed by atoms with van der Waals surface area (Å²) in [7, 11) is 3.92. The van der Waals surface area contributed by atoms with Gasteiger partial charge in [-0.05, 0) is 56.6 Å². The normalized spacial score (nSPS) is 12.5. The first kappa shape index (κ1) is 16.1. The van der Waals surface area contributed by atoms with E-state index in [2.05, 4.69) is 5.32 Å². The topological polar surface area (TPSA) is 58.4 Å². The Morgan fingerprint density at radius 1 is 1.53 bits per heavy atom. The molecule has 7 heteroatoms. The van der Waals surface area contributed by atoms with Crippen molar-refractivity contribution in [2.75, 3.05) is 26.0 Å². The molecule has 19 heavy (non-hydrogen) atoms. The number of nitrogens with zero attached hydrogens (tertiary/aromatic N) is 2. The molecule has 0 radical (unpaired) electrons. The first-order valence-electron chi connectivity index (χ1n) is 5.86. The van der Waals surface area contributed by atoms with Crippen molar-refractivity contribution in [3.05, 3.63) is 31.6 Å². The molecule has 0 aliphatic carbocycles. The van der Waals surface area contributed by atoms with E-state index in [9.17, 15) is 14.5 Å². The number of hydrogen-bond donors (Lipinski definition) is 1. The average molecular weight is 381 g/mol. The molecule has 0 saturated carbocycles. The van der Waals surface area contributed by atoms with Crippen LogP contribution in [0.15, 0.2) is 12.1 Å². The zero-order valence-electron chi connectivity index (χ0n) is 11.1. The van der Waals surface area contributed by atoms with Gasteiger partial charge in [0.05, 0.1) is 8.49 Å². The lowest BCUT2D eigenvalue weighted by atomic mass is 10.2. The van der Waals surface area contributed by atoms with Gasteiger partial charge in [0.2, 0.25) is 0 Å². The summed E-state index contributed by atoms with van der Waals surface area (Å²) in [5.74, 6) is -0.450. The number of rotatable bonds is 6. The maximum absolute atomic E-state index is 13.5. The minimum absolute atomic E-state index is 0.0283. The Morgan fingerprint density at radius 3 is 2.68 bits per heavy atom. The fourth-order valence-corrected chi connectivity index (χ4v) is 2.04. The average Bonchev–Trinajstić information content (AvgIpc) is 2.30. The fraction of sp³-hybridized carbons (Fsp3) is 0.500. The van der Waals surface area contributed by atoms with Crippen molar-refractivity contribution in [2.45, 2.75) is 19.4 Å². The highest BCUT2D eigenvalue weighted by atomic mass is 127. The molecule has 0 spiro atoms. The minimum Gasteiger partial charge on any atom is -0.377 e. The van der Waals surface area contributed by atoms with E-state index in [0.29, 0.717) is 0 Å². The van der Waals surface area contributed by atoms with Gasteiger partial charge in [-0.3, -0.25) is 10.1 Å². The Labute approximate surface area is 125 Å². The second kappa shape index (κ2) is 6.99. The van der Waals surface area contributed by atoms with E-state index in [1.54, 1.807) is 22.6 Å². The largest absolute Gasteiger partial charge is 0.377 e. The van der Waals surface area contributed by atoms with Gasteiger partial charge in [0, 0.05) is 18.2 Å². The van der Waals surface area contributed by atoms with Crippen LogP contribution in [0.25, 0.3) is 0 Å². The Kier molecular flexibility index (Phi) is 5.92. The SMILES string of the molecule is CC(CCN(C)C)Nc1cc(F)c(I)cc1[N+](=O)[O-]. The summed E-state index contributed by atoms with van der Waals surface area (Å²) in [5.41, 5.74) is 0.136. The molecular weight excluding hydrogens is 364 g/mol. The highest BCUT2D eigenvalue weighted by Crippen LogP contribution is 2.29. The van der Waals surface area contributed by atoms with Crippen molar-refractivity contribution >= 4 is 34.0 Å². The van der Waals surface area contributed by atoms with Crippen molar-refractivity contribution in [1.82, 2.24) is 4.90 Å². The second-order valence-electron chi connectivity index (χ2n) is 4.68. The van der Waals surface area contributed by atoms with E-state index in [4.69, 9.17) is 0 Å². The van der Waals surface area contributed by atoms with Gasteiger partial charge in [0.25, 0.3) is 5.69 Å². The van der Waals surface area contributed by atoms with Gasteiger partial charge < -0.3 is 10.2 Å². The summed E-state index contributed by atoms with van der Waals surface area (Å²) >= 11 is 1.75. The number of anilines is 1. The van der Waals surface area contributed by atoms with Crippen LogP contribution in [0, 0.1) is 19.5 Å². The molecule has 1 N–H and O–H groups in total. The summed E-state index contributed by atoms with van der Waals surface area (Å²) in [5, 5.41) is 14.0. The maximum atomic E-state index is 13.5. The van der Waals surface area contributed by atoms with Gasteiger partial charge in [0.15, 0.2) is 0 Å². The molecule has 5 nitrogen and oxygen atoms in total. The molecule has 1 atom stereocenters. The predicted octanol–water partition coefficient (Wildman–Crippen LogP) is 3.09.